The number of aromatic amines is 1. The Morgan fingerprint density at radius 3 is 2.59 bits per heavy atom. The summed E-state index contributed by atoms with van der Waals surface area (Å²) in [5, 5.41) is 0.957. The first kappa shape index (κ1) is 9.78. The van der Waals surface area contributed by atoms with E-state index in [0.29, 0.717) is 0 Å². The Kier molecular flexibility index (Phi) is 2.22. The third-order valence-electron chi connectivity index (χ3n) is 2.74. The van der Waals surface area contributed by atoms with Crippen molar-refractivity contribution >= 4 is 10.9 Å². The van der Waals surface area contributed by atoms with Gasteiger partial charge < -0.3 is 4.98 Å². The molecule has 0 aliphatic heterocycles. The summed E-state index contributed by atoms with van der Waals surface area (Å²) in [6.45, 7) is 0. The number of hydrogen-bond donors (Lipinski definition) is 1. The minimum Gasteiger partial charge on any atom is -0.305 e. The van der Waals surface area contributed by atoms with Gasteiger partial charge in [0.15, 0.2) is 0 Å². The maximum atomic E-state index is 11.2. The molecule has 3 aromatic rings. The van der Waals surface area contributed by atoms with Gasteiger partial charge in [-0.2, -0.15) is 0 Å². The van der Waals surface area contributed by atoms with E-state index in [1.807, 2.05) is 48.5 Å². The van der Waals surface area contributed by atoms with Crippen molar-refractivity contribution in [2.45, 2.75) is 0 Å². The number of nitrogens with zero attached hydrogens (tertiary/aromatic N) is 1. The molecular weight excluding hydrogens is 212 g/mol. The summed E-state index contributed by atoms with van der Waals surface area (Å²) in [4.78, 5) is 17.7. The molecule has 1 aromatic heterocycles. The molecule has 0 spiro atoms. The van der Waals surface area contributed by atoms with Gasteiger partial charge in [-0.05, 0) is 17.2 Å². The van der Waals surface area contributed by atoms with Crippen molar-refractivity contribution < 1.29 is 0 Å². The van der Waals surface area contributed by atoms with Crippen LogP contribution >= 0.6 is 0 Å². The zero-order chi connectivity index (χ0) is 11.7. The summed E-state index contributed by atoms with van der Waals surface area (Å²) in [5.41, 5.74) is 2.69. The Morgan fingerprint density at radius 2 is 1.76 bits per heavy atom. The van der Waals surface area contributed by atoms with Gasteiger partial charge in [0, 0.05) is 11.6 Å². The highest BCUT2D eigenvalue weighted by Crippen LogP contribution is 2.25. The first-order valence-electron chi connectivity index (χ1n) is 5.38. The van der Waals surface area contributed by atoms with Crippen molar-refractivity contribution in [3.63, 3.8) is 0 Å². The fourth-order valence-electron chi connectivity index (χ4n) is 1.95. The predicted molar refractivity (Wildman–Crippen MR) is 67.8 cm³/mol. The van der Waals surface area contributed by atoms with E-state index in [4.69, 9.17) is 0 Å². The van der Waals surface area contributed by atoms with Crippen molar-refractivity contribution in [2.75, 3.05) is 0 Å². The first-order chi connectivity index (χ1) is 8.34. The SMILES string of the molecule is O=c1ncc2c(-c3ccccc3)cccc2[nH]1. The van der Waals surface area contributed by atoms with Crippen LogP contribution in [0.15, 0.2) is 59.5 Å². The maximum Gasteiger partial charge on any atom is 0.345 e. The van der Waals surface area contributed by atoms with Crippen LogP contribution in [-0.2, 0) is 0 Å². The van der Waals surface area contributed by atoms with Gasteiger partial charge in [-0.1, -0.05) is 42.5 Å². The second-order valence-corrected chi connectivity index (χ2v) is 3.82. The number of rotatable bonds is 1. The molecule has 3 nitrogen and oxygen atoms in total. The maximum absolute atomic E-state index is 11.2. The fraction of sp³-hybridized carbons (Fsp3) is 0. The Morgan fingerprint density at radius 1 is 0.941 bits per heavy atom. The first-order valence-corrected chi connectivity index (χ1v) is 5.38. The molecule has 0 aliphatic rings. The molecule has 1 N–H and O–H groups in total. The lowest BCUT2D eigenvalue weighted by molar-refractivity contribution is 1.12. The third kappa shape index (κ3) is 1.72. The largest absolute Gasteiger partial charge is 0.345 e. The Bertz CT molecular complexity index is 717. The zero-order valence-electron chi connectivity index (χ0n) is 9.05. The fourth-order valence-corrected chi connectivity index (χ4v) is 1.95. The molecule has 3 heteroatoms. The van der Waals surface area contributed by atoms with Crippen molar-refractivity contribution in [2.24, 2.45) is 0 Å². The van der Waals surface area contributed by atoms with Crippen molar-refractivity contribution in [3.8, 4) is 11.1 Å². The van der Waals surface area contributed by atoms with Gasteiger partial charge in [0.25, 0.3) is 0 Å². The van der Waals surface area contributed by atoms with Crippen molar-refractivity contribution in [1.29, 1.82) is 0 Å². The normalized spacial score (nSPS) is 10.6. The third-order valence-corrected chi connectivity index (χ3v) is 2.74. The second-order valence-electron chi connectivity index (χ2n) is 3.82. The molecule has 0 aliphatic carbocycles. The molecule has 0 fully saturated rings. The van der Waals surface area contributed by atoms with E-state index in [1.54, 1.807) is 6.20 Å². The average Bonchev–Trinajstić information content (AvgIpc) is 2.39. The average molecular weight is 222 g/mol. The van der Waals surface area contributed by atoms with Crippen LogP contribution < -0.4 is 5.69 Å². The number of hydrogen-bond acceptors (Lipinski definition) is 2. The van der Waals surface area contributed by atoms with Crippen LogP contribution in [0.5, 0.6) is 0 Å². The molecular formula is C14H10N2O. The summed E-state index contributed by atoms with van der Waals surface area (Å²) >= 11 is 0. The summed E-state index contributed by atoms with van der Waals surface area (Å²) in [7, 11) is 0. The van der Waals surface area contributed by atoms with E-state index in [1.165, 1.54) is 0 Å². The molecule has 0 atom stereocenters. The Hall–Kier alpha value is -2.42. The van der Waals surface area contributed by atoms with Crippen LogP contribution in [0.1, 0.15) is 0 Å². The van der Waals surface area contributed by atoms with Gasteiger partial charge in [0.05, 0.1) is 5.52 Å². The Labute approximate surface area is 97.8 Å². The highest BCUT2D eigenvalue weighted by atomic mass is 16.1. The van der Waals surface area contributed by atoms with Crippen LogP contribution in [0.3, 0.4) is 0 Å². The molecule has 0 saturated carbocycles. The summed E-state index contributed by atoms with van der Waals surface area (Å²) in [6, 6.07) is 15.9. The van der Waals surface area contributed by atoms with Crippen molar-refractivity contribution in [3.05, 3.63) is 65.2 Å². The van der Waals surface area contributed by atoms with E-state index in [0.717, 1.165) is 22.0 Å². The molecule has 0 amide bonds. The predicted octanol–water partition coefficient (Wildman–Crippen LogP) is 2.59. The number of fused-ring (bicyclic) bond motifs is 1. The quantitative estimate of drug-likeness (QED) is 0.687. The standard InChI is InChI=1S/C14H10N2O/c17-14-15-9-12-11(7-4-8-13(12)16-14)10-5-2-1-3-6-10/h1-9H,(H,15,16,17). The lowest BCUT2D eigenvalue weighted by atomic mass is 10.0. The van der Waals surface area contributed by atoms with Crippen molar-refractivity contribution in [1.82, 2.24) is 9.97 Å². The van der Waals surface area contributed by atoms with Crippen LogP contribution in [0.4, 0.5) is 0 Å². The number of benzene rings is 2. The van der Waals surface area contributed by atoms with Gasteiger partial charge in [-0.15, -0.1) is 0 Å². The number of aromatic nitrogens is 2. The number of H-pyrrole nitrogens is 1. The number of nitrogens with one attached hydrogen (secondary N) is 1. The topological polar surface area (TPSA) is 45.8 Å². The summed E-state index contributed by atoms with van der Waals surface area (Å²) in [6.07, 6.45) is 1.62. The summed E-state index contributed by atoms with van der Waals surface area (Å²) < 4.78 is 0. The van der Waals surface area contributed by atoms with E-state index in [-0.39, 0.29) is 5.69 Å². The van der Waals surface area contributed by atoms with E-state index in [2.05, 4.69) is 9.97 Å². The molecule has 0 saturated heterocycles. The van der Waals surface area contributed by atoms with Gasteiger partial charge in [0.1, 0.15) is 0 Å². The lowest BCUT2D eigenvalue weighted by Gasteiger charge is -2.05. The highest BCUT2D eigenvalue weighted by Gasteiger charge is 2.03. The highest BCUT2D eigenvalue weighted by molar-refractivity contribution is 5.93. The van der Waals surface area contributed by atoms with Gasteiger partial charge in [-0.3, -0.25) is 0 Å². The van der Waals surface area contributed by atoms with Gasteiger partial charge in [0.2, 0.25) is 0 Å². The molecule has 0 radical (unpaired) electrons. The van der Waals surface area contributed by atoms with Crippen LogP contribution in [-0.4, -0.2) is 9.97 Å². The molecule has 82 valence electrons. The van der Waals surface area contributed by atoms with Gasteiger partial charge in [-0.25, -0.2) is 9.78 Å². The molecule has 2 aromatic carbocycles. The van der Waals surface area contributed by atoms with E-state index >= 15 is 0 Å². The van der Waals surface area contributed by atoms with Crippen LogP contribution in [0, 0.1) is 0 Å². The van der Waals surface area contributed by atoms with Crippen LogP contribution in [0.2, 0.25) is 0 Å². The smallest absolute Gasteiger partial charge is 0.305 e. The molecule has 1 heterocycles. The monoisotopic (exact) mass is 222 g/mol. The van der Waals surface area contributed by atoms with E-state index in [9.17, 15) is 4.79 Å². The minimum atomic E-state index is -0.317. The second kappa shape index (κ2) is 3.87. The lowest BCUT2D eigenvalue weighted by Crippen LogP contribution is -2.08. The summed E-state index contributed by atoms with van der Waals surface area (Å²) in [5.74, 6) is 0. The molecule has 0 unspecified atom stereocenters. The minimum absolute atomic E-state index is 0.317. The molecule has 3 rings (SSSR count). The van der Waals surface area contributed by atoms with Gasteiger partial charge >= 0.3 is 5.69 Å². The van der Waals surface area contributed by atoms with E-state index < -0.39 is 0 Å². The molecule has 17 heavy (non-hydrogen) atoms. The Balaban J connectivity index is 2.34. The van der Waals surface area contributed by atoms with Crippen LogP contribution in [0.25, 0.3) is 22.0 Å². The zero-order valence-corrected chi connectivity index (χ0v) is 9.05. The molecule has 0 bridgehead atoms.